The highest BCUT2D eigenvalue weighted by Gasteiger charge is 2.18. The Hall–Kier alpha value is -1.90. The van der Waals surface area contributed by atoms with Gasteiger partial charge in [0.1, 0.15) is 0 Å². The average Bonchev–Trinajstić information content (AvgIpc) is 2.44. The summed E-state index contributed by atoms with van der Waals surface area (Å²) in [6.07, 6.45) is 1.88. The van der Waals surface area contributed by atoms with Gasteiger partial charge in [-0.15, -0.1) is 0 Å². The van der Waals surface area contributed by atoms with Crippen molar-refractivity contribution in [2.24, 2.45) is 5.73 Å². The number of hydrogen-bond donors (Lipinski definition) is 2. The number of rotatable bonds is 3. The quantitative estimate of drug-likeness (QED) is 0.867. The number of carbonyl (C=O) groups excluding carboxylic acids is 1. The topological polar surface area (TPSA) is 82.2 Å². The molecule has 0 unspecified atom stereocenters. The molecule has 0 aliphatic carbocycles. The van der Waals surface area contributed by atoms with Crippen molar-refractivity contribution in [2.75, 3.05) is 25.0 Å². The Balaban J connectivity index is 1.93. The van der Waals surface area contributed by atoms with Crippen LogP contribution >= 0.6 is 0 Å². The second kappa shape index (κ2) is 6.51. The number of nitrogens with zero attached hydrogens (tertiary/aromatic N) is 2. The first-order chi connectivity index (χ1) is 9.58. The molecule has 20 heavy (non-hydrogen) atoms. The highest BCUT2D eigenvalue weighted by Crippen LogP contribution is 2.16. The number of nitrogens with two attached hydrogens (primary N) is 1. The van der Waals surface area contributed by atoms with Crippen molar-refractivity contribution in [3.63, 3.8) is 0 Å². The molecular weight excluding hydrogens is 252 g/mol. The summed E-state index contributed by atoms with van der Waals surface area (Å²) in [4.78, 5) is 14.2. The van der Waals surface area contributed by atoms with Gasteiger partial charge in [-0.2, -0.15) is 5.26 Å². The van der Waals surface area contributed by atoms with Crippen LogP contribution in [0.1, 0.15) is 24.0 Å². The van der Waals surface area contributed by atoms with Gasteiger partial charge in [-0.25, -0.2) is 0 Å². The maximum absolute atomic E-state index is 12.0. The highest BCUT2D eigenvalue weighted by atomic mass is 16.2. The van der Waals surface area contributed by atoms with Gasteiger partial charge in [0.25, 0.3) is 0 Å². The molecule has 1 aliphatic rings. The number of nitrogens with one attached hydrogen (secondary N) is 1. The third-order valence-electron chi connectivity index (χ3n) is 3.64. The zero-order chi connectivity index (χ0) is 14.5. The Bertz CT molecular complexity index is 527. The van der Waals surface area contributed by atoms with E-state index >= 15 is 0 Å². The minimum absolute atomic E-state index is 0.0429. The van der Waals surface area contributed by atoms with Gasteiger partial charge in [0.15, 0.2) is 0 Å². The van der Waals surface area contributed by atoms with Crippen LogP contribution in [0.4, 0.5) is 5.69 Å². The summed E-state index contributed by atoms with van der Waals surface area (Å²) >= 11 is 0. The molecule has 0 atom stereocenters. The Morgan fingerprint density at radius 2 is 2.20 bits per heavy atom. The van der Waals surface area contributed by atoms with Crippen LogP contribution in [0.2, 0.25) is 0 Å². The molecule has 0 saturated carbocycles. The fourth-order valence-corrected chi connectivity index (χ4v) is 2.33. The summed E-state index contributed by atoms with van der Waals surface area (Å²) in [5.74, 6) is -0.0429. The van der Waals surface area contributed by atoms with Crippen LogP contribution < -0.4 is 11.1 Å². The molecule has 1 heterocycles. The van der Waals surface area contributed by atoms with Gasteiger partial charge in [0, 0.05) is 24.8 Å². The predicted molar refractivity (Wildman–Crippen MR) is 78.2 cm³/mol. The van der Waals surface area contributed by atoms with Crippen molar-refractivity contribution < 1.29 is 4.79 Å². The average molecular weight is 272 g/mol. The second-order valence-electron chi connectivity index (χ2n) is 5.30. The first kappa shape index (κ1) is 14.5. The number of nitriles is 1. The Morgan fingerprint density at radius 3 is 2.85 bits per heavy atom. The number of anilines is 1. The minimum Gasteiger partial charge on any atom is -0.328 e. The maximum Gasteiger partial charge on any atom is 0.238 e. The Morgan fingerprint density at radius 1 is 1.50 bits per heavy atom. The molecule has 1 amide bonds. The zero-order valence-corrected chi connectivity index (χ0v) is 11.7. The number of benzene rings is 1. The lowest BCUT2D eigenvalue weighted by atomic mass is 10.1. The summed E-state index contributed by atoms with van der Waals surface area (Å²) in [6, 6.07) is 7.64. The van der Waals surface area contributed by atoms with Gasteiger partial charge < -0.3 is 11.1 Å². The molecule has 106 valence electrons. The van der Waals surface area contributed by atoms with Crippen molar-refractivity contribution >= 4 is 11.6 Å². The normalized spacial score (nSPS) is 16.6. The molecule has 1 aromatic carbocycles. The van der Waals surface area contributed by atoms with E-state index in [2.05, 4.69) is 16.3 Å². The van der Waals surface area contributed by atoms with Crippen LogP contribution in [-0.4, -0.2) is 36.5 Å². The smallest absolute Gasteiger partial charge is 0.238 e. The van der Waals surface area contributed by atoms with Crippen LogP contribution in [0.3, 0.4) is 0 Å². The summed E-state index contributed by atoms with van der Waals surface area (Å²) in [6.45, 7) is 4.03. The van der Waals surface area contributed by atoms with Crippen molar-refractivity contribution in [1.82, 2.24) is 4.90 Å². The molecule has 1 saturated heterocycles. The lowest BCUT2D eigenvalue weighted by molar-refractivity contribution is -0.117. The number of hydrogen-bond acceptors (Lipinski definition) is 4. The molecule has 0 spiro atoms. The van der Waals surface area contributed by atoms with Crippen LogP contribution in [0, 0.1) is 18.3 Å². The minimum atomic E-state index is -0.0429. The largest absolute Gasteiger partial charge is 0.328 e. The molecule has 1 aromatic rings. The van der Waals surface area contributed by atoms with E-state index < -0.39 is 0 Å². The molecule has 0 bridgehead atoms. The highest BCUT2D eigenvalue weighted by molar-refractivity contribution is 5.93. The van der Waals surface area contributed by atoms with E-state index in [1.165, 1.54) is 0 Å². The molecule has 2 rings (SSSR count). The van der Waals surface area contributed by atoms with Crippen LogP contribution in [-0.2, 0) is 4.79 Å². The molecule has 0 radical (unpaired) electrons. The molecule has 5 heteroatoms. The van der Waals surface area contributed by atoms with Gasteiger partial charge in [-0.1, -0.05) is 6.07 Å². The third-order valence-corrected chi connectivity index (χ3v) is 3.64. The summed E-state index contributed by atoms with van der Waals surface area (Å²) in [5.41, 5.74) is 8.06. The van der Waals surface area contributed by atoms with Gasteiger partial charge >= 0.3 is 0 Å². The van der Waals surface area contributed by atoms with E-state index in [4.69, 9.17) is 11.0 Å². The van der Waals surface area contributed by atoms with Crippen LogP contribution in [0.5, 0.6) is 0 Å². The lowest BCUT2D eigenvalue weighted by Crippen LogP contribution is -2.43. The fourth-order valence-electron chi connectivity index (χ4n) is 2.33. The van der Waals surface area contributed by atoms with E-state index in [-0.39, 0.29) is 11.9 Å². The van der Waals surface area contributed by atoms with Gasteiger partial charge in [0.05, 0.1) is 18.2 Å². The van der Waals surface area contributed by atoms with Gasteiger partial charge in [-0.05, 0) is 37.5 Å². The van der Waals surface area contributed by atoms with Gasteiger partial charge in [0.2, 0.25) is 5.91 Å². The third kappa shape index (κ3) is 3.80. The van der Waals surface area contributed by atoms with E-state index in [1.54, 1.807) is 12.1 Å². The van der Waals surface area contributed by atoms with Crippen molar-refractivity contribution in [2.45, 2.75) is 25.8 Å². The second-order valence-corrected chi connectivity index (χ2v) is 5.30. The van der Waals surface area contributed by atoms with Crippen molar-refractivity contribution in [1.29, 1.82) is 5.26 Å². The van der Waals surface area contributed by atoms with Gasteiger partial charge in [-0.3, -0.25) is 9.69 Å². The molecule has 1 aliphatic heterocycles. The molecule has 5 nitrogen and oxygen atoms in total. The standard InChI is InChI=1S/C15H20N4O/c1-11-2-3-12(9-16)8-14(11)18-15(20)10-19-6-4-13(17)5-7-19/h2-3,8,13H,4-7,10,17H2,1H3,(H,18,20). The first-order valence-electron chi connectivity index (χ1n) is 6.87. The lowest BCUT2D eigenvalue weighted by Gasteiger charge is -2.29. The van der Waals surface area contributed by atoms with Crippen molar-refractivity contribution in [3.8, 4) is 6.07 Å². The Kier molecular flexibility index (Phi) is 4.72. The first-order valence-corrected chi connectivity index (χ1v) is 6.87. The van der Waals surface area contributed by atoms with E-state index in [1.807, 2.05) is 13.0 Å². The SMILES string of the molecule is Cc1ccc(C#N)cc1NC(=O)CN1CCC(N)CC1. The monoisotopic (exact) mass is 272 g/mol. The van der Waals surface area contributed by atoms with Crippen LogP contribution in [0.25, 0.3) is 0 Å². The fraction of sp³-hybridized carbons (Fsp3) is 0.467. The van der Waals surface area contributed by atoms with E-state index in [9.17, 15) is 4.79 Å². The maximum atomic E-state index is 12.0. The predicted octanol–water partition coefficient (Wildman–Crippen LogP) is 1.23. The van der Waals surface area contributed by atoms with E-state index in [0.717, 1.165) is 31.5 Å². The summed E-state index contributed by atoms with van der Waals surface area (Å²) < 4.78 is 0. The number of piperidine rings is 1. The van der Waals surface area contributed by atoms with Crippen LogP contribution in [0.15, 0.2) is 18.2 Å². The molecular formula is C15H20N4O. The number of aryl methyl sites for hydroxylation is 1. The Labute approximate surface area is 119 Å². The number of likely N-dealkylation sites (tertiary alicyclic amines) is 1. The summed E-state index contributed by atoms with van der Waals surface area (Å²) in [5, 5.41) is 11.8. The van der Waals surface area contributed by atoms with Crippen molar-refractivity contribution in [3.05, 3.63) is 29.3 Å². The molecule has 1 fully saturated rings. The zero-order valence-electron chi connectivity index (χ0n) is 11.7. The molecule has 0 aromatic heterocycles. The molecule has 3 N–H and O–H groups in total. The number of amides is 1. The van der Waals surface area contributed by atoms with E-state index in [0.29, 0.717) is 17.8 Å². The number of carbonyl (C=O) groups is 1. The summed E-state index contributed by atoms with van der Waals surface area (Å²) in [7, 11) is 0.